The Balaban J connectivity index is 3.88. The van der Waals surface area contributed by atoms with Crippen molar-refractivity contribution in [3.05, 3.63) is 24.3 Å². The number of rotatable bonds is 55. The predicted molar refractivity (Wildman–Crippen MR) is 291 cm³/mol. The summed E-state index contributed by atoms with van der Waals surface area (Å²) in [7, 11) is 1.18. The third kappa shape index (κ3) is 55.7. The zero-order valence-electron chi connectivity index (χ0n) is 46.3. The van der Waals surface area contributed by atoms with E-state index in [1.165, 1.54) is 218 Å². The summed E-state index contributed by atoms with van der Waals surface area (Å²) >= 11 is 0. The number of likely N-dealkylation sites (N-methyl/N-ethyl adjacent to an activating group) is 1. The first-order chi connectivity index (χ1) is 33.5. The van der Waals surface area contributed by atoms with Crippen molar-refractivity contribution < 1.29 is 42.1 Å². The van der Waals surface area contributed by atoms with Gasteiger partial charge in [-0.3, -0.25) is 14.2 Å². The molecule has 0 aromatic heterocycles. The van der Waals surface area contributed by atoms with Crippen molar-refractivity contribution in [3.63, 3.8) is 0 Å². The average molecular weight is 997 g/mol. The van der Waals surface area contributed by atoms with Crippen molar-refractivity contribution in [2.75, 3.05) is 47.5 Å². The van der Waals surface area contributed by atoms with Gasteiger partial charge in [-0.1, -0.05) is 256 Å². The summed E-state index contributed by atoms with van der Waals surface area (Å²) in [5, 5.41) is 0. The third-order valence-electron chi connectivity index (χ3n) is 13.2. The molecule has 0 amide bonds. The highest BCUT2D eigenvalue weighted by Gasteiger charge is 2.22. The maximum atomic E-state index is 12.8. The molecule has 0 saturated carbocycles. The highest BCUT2D eigenvalue weighted by atomic mass is 31.2. The number of phosphoric acid groups is 1. The molecule has 0 aliphatic rings. The molecule has 0 aromatic rings. The zero-order chi connectivity index (χ0) is 50.6. The molecular weight excluding hydrogens is 882 g/mol. The van der Waals surface area contributed by atoms with E-state index in [9.17, 15) is 19.0 Å². The van der Waals surface area contributed by atoms with E-state index >= 15 is 0 Å². The van der Waals surface area contributed by atoms with E-state index in [-0.39, 0.29) is 32.0 Å². The van der Waals surface area contributed by atoms with Crippen molar-refractivity contribution in [2.45, 2.75) is 296 Å². The molecule has 0 spiro atoms. The SMILES string of the molecule is CCCCCCC/C=C\C/C=C\CCCCCCCCCCCCCCCCCCCCCCCCCC(=O)OC(COC(=O)CCCCCCCCCCCC)COP(=O)([O-])OCC[N+](C)(C)C. The van der Waals surface area contributed by atoms with E-state index in [1.54, 1.807) is 0 Å². The van der Waals surface area contributed by atoms with Crippen LogP contribution in [0.15, 0.2) is 24.3 Å². The number of hydrogen-bond acceptors (Lipinski definition) is 8. The number of carbonyl (C=O) groups excluding carboxylic acids is 2. The number of carbonyl (C=O) groups is 2. The number of unbranched alkanes of at least 4 members (excludes halogenated alkanes) is 37. The smallest absolute Gasteiger partial charge is 0.306 e. The van der Waals surface area contributed by atoms with Crippen LogP contribution < -0.4 is 4.89 Å². The van der Waals surface area contributed by atoms with E-state index in [1.807, 2.05) is 21.1 Å². The fraction of sp³-hybridized carbons (Fsp3) is 0.898. The van der Waals surface area contributed by atoms with Gasteiger partial charge in [-0.15, -0.1) is 0 Å². The van der Waals surface area contributed by atoms with Gasteiger partial charge in [0.25, 0.3) is 7.82 Å². The lowest BCUT2D eigenvalue weighted by Gasteiger charge is -2.28. The number of ether oxygens (including phenoxy) is 2. The normalized spacial score (nSPS) is 13.4. The first-order valence-corrected chi connectivity index (χ1v) is 31.0. The van der Waals surface area contributed by atoms with Gasteiger partial charge >= 0.3 is 11.9 Å². The molecule has 0 fully saturated rings. The van der Waals surface area contributed by atoms with Crippen LogP contribution in [0, 0.1) is 0 Å². The van der Waals surface area contributed by atoms with Gasteiger partial charge in [-0.25, -0.2) is 0 Å². The topological polar surface area (TPSA) is 111 Å². The van der Waals surface area contributed by atoms with E-state index in [0.29, 0.717) is 17.4 Å². The molecule has 10 heteroatoms. The van der Waals surface area contributed by atoms with Crippen LogP contribution in [0.25, 0.3) is 0 Å². The number of allylic oxidation sites excluding steroid dienone is 4. The maximum Gasteiger partial charge on any atom is 0.306 e. The van der Waals surface area contributed by atoms with Gasteiger partial charge in [-0.2, -0.15) is 0 Å². The molecule has 0 aromatic carbocycles. The minimum absolute atomic E-state index is 0.0270. The lowest BCUT2D eigenvalue weighted by atomic mass is 10.0. The second kappa shape index (κ2) is 51.4. The minimum Gasteiger partial charge on any atom is -0.756 e. The van der Waals surface area contributed by atoms with Crippen LogP contribution in [0.1, 0.15) is 290 Å². The van der Waals surface area contributed by atoms with Gasteiger partial charge in [0.1, 0.15) is 19.8 Å². The van der Waals surface area contributed by atoms with Crippen molar-refractivity contribution in [1.29, 1.82) is 0 Å². The first kappa shape index (κ1) is 67.5. The largest absolute Gasteiger partial charge is 0.756 e. The highest BCUT2D eigenvalue weighted by Crippen LogP contribution is 2.38. The fourth-order valence-electron chi connectivity index (χ4n) is 8.63. The van der Waals surface area contributed by atoms with Crippen LogP contribution in [-0.2, 0) is 32.7 Å². The van der Waals surface area contributed by atoms with E-state index in [4.69, 9.17) is 18.5 Å². The summed E-state index contributed by atoms with van der Waals surface area (Å²) in [6.45, 7) is 4.25. The Morgan fingerprint density at radius 3 is 1.14 bits per heavy atom. The molecule has 0 N–H and O–H groups in total. The second-order valence-corrected chi connectivity index (χ2v) is 22.8. The monoisotopic (exact) mass is 996 g/mol. The Morgan fingerprint density at radius 1 is 0.449 bits per heavy atom. The average Bonchev–Trinajstić information content (AvgIpc) is 3.31. The first-order valence-electron chi connectivity index (χ1n) is 29.5. The Kier molecular flexibility index (Phi) is 50.3. The summed E-state index contributed by atoms with van der Waals surface area (Å²) in [6, 6.07) is 0. The molecule has 0 bridgehead atoms. The molecule has 0 rings (SSSR count). The maximum absolute atomic E-state index is 12.8. The van der Waals surface area contributed by atoms with Gasteiger partial charge in [-0.05, 0) is 44.9 Å². The Bertz CT molecular complexity index is 1220. The Labute approximate surface area is 428 Å². The Hall–Kier alpha value is -1.51. The van der Waals surface area contributed by atoms with E-state index in [0.717, 1.165) is 38.5 Å². The molecule has 69 heavy (non-hydrogen) atoms. The molecule has 408 valence electrons. The lowest BCUT2D eigenvalue weighted by Crippen LogP contribution is -2.37. The van der Waals surface area contributed by atoms with Crippen LogP contribution in [0.3, 0.4) is 0 Å². The minimum atomic E-state index is -4.62. The van der Waals surface area contributed by atoms with Crippen LogP contribution in [-0.4, -0.2) is 70.0 Å². The molecule has 0 saturated heterocycles. The van der Waals surface area contributed by atoms with Gasteiger partial charge < -0.3 is 27.9 Å². The van der Waals surface area contributed by atoms with Crippen LogP contribution in [0.5, 0.6) is 0 Å². The van der Waals surface area contributed by atoms with Gasteiger partial charge in [0, 0.05) is 12.8 Å². The fourth-order valence-corrected chi connectivity index (χ4v) is 9.36. The molecule has 9 nitrogen and oxygen atoms in total. The molecule has 2 atom stereocenters. The van der Waals surface area contributed by atoms with Crippen LogP contribution in [0.2, 0.25) is 0 Å². The number of hydrogen-bond donors (Lipinski definition) is 0. The molecule has 0 radical (unpaired) electrons. The van der Waals surface area contributed by atoms with Crippen molar-refractivity contribution in [2.24, 2.45) is 0 Å². The quantitative estimate of drug-likeness (QED) is 0.0195. The summed E-state index contributed by atoms with van der Waals surface area (Å²) in [4.78, 5) is 37.7. The van der Waals surface area contributed by atoms with E-state index < -0.39 is 26.5 Å². The van der Waals surface area contributed by atoms with Crippen LogP contribution in [0.4, 0.5) is 0 Å². The summed E-state index contributed by atoms with van der Waals surface area (Å²) in [5.41, 5.74) is 0. The predicted octanol–water partition coefficient (Wildman–Crippen LogP) is 17.6. The molecule has 0 aliphatic heterocycles. The lowest BCUT2D eigenvalue weighted by molar-refractivity contribution is -0.870. The standard InChI is InChI=1S/C59H114NO8P/c1-6-8-10-12-14-16-18-19-20-21-22-23-24-25-26-27-28-29-30-31-32-33-34-35-36-37-38-39-40-41-42-44-46-48-50-52-59(62)68-57(56-67-69(63,64)66-54-53-60(3,4)5)55-65-58(61)51-49-47-45-43-17-15-13-11-9-7-2/h18-19,21-22,57H,6-17,20,23-56H2,1-5H3/b19-18-,22-21-. The van der Waals surface area contributed by atoms with Gasteiger partial charge in [0.15, 0.2) is 6.10 Å². The van der Waals surface area contributed by atoms with Gasteiger partial charge in [0.05, 0.1) is 27.7 Å². The van der Waals surface area contributed by atoms with E-state index in [2.05, 4.69) is 38.2 Å². The van der Waals surface area contributed by atoms with Crippen molar-refractivity contribution in [1.82, 2.24) is 0 Å². The highest BCUT2D eigenvalue weighted by molar-refractivity contribution is 7.45. The number of nitrogens with zero attached hydrogens (tertiary/aromatic N) is 1. The van der Waals surface area contributed by atoms with Crippen LogP contribution >= 0.6 is 7.82 Å². The summed E-state index contributed by atoms with van der Waals surface area (Å²) in [5.74, 6) is -0.820. The summed E-state index contributed by atoms with van der Waals surface area (Å²) < 4.78 is 34.0. The third-order valence-corrected chi connectivity index (χ3v) is 14.2. The number of esters is 2. The second-order valence-electron chi connectivity index (χ2n) is 21.4. The zero-order valence-corrected chi connectivity index (χ0v) is 47.2. The Morgan fingerprint density at radius 2 is 0.783 bits per heavy atom. The molecule has 0 heterocycles. The van der Waals surface area contributed by atoms with Crippen molar-refractivity contribution in [3.8, 4) is 0 Å². The van der Waals surface area contributed by atoms with Gasteiger partial charge in [0.2, 0.25) is 0 Å². The number of quaternary nitrogens is 1. The summed E-state index contributed by atoms with van der Waals surface area (Å²) in [6.07, 6.45) is 61.2. The molecule has 0 aliphatic carbocycles. The van der Waals surface area contributed by atoms with Crippen molar-refractivity contribution >= 4 is 19.8 Å². The number of phosphoric ester groups is 1. The molecule has 2 unspecified atom stereocenters. The molecular formula is C59H114NO8P.